The van der Waals surface area contributed by atoms with Crippen molar-refractivity contribution in [2.45, 2.75) is 0 Å². The van der Waals surface area contributed by atoms with E-state index in [9.17, 15) is 18.0 Å². The zero-order valence-corrected chi connectivity index (χ0v) is 5.67. The Morgan fingerprint density at radius 3 is 2.55 bits per heavy atom. The van der Waals surface area contributed by atoms with E-state index in [4.69, 9.17) is 0 Å². The van der Waals surface area contributed by atoms with Crippen molar-refractivity contribution in [3.63, 3.8) is 0 Å². The molecule has 8 nitrogen and oxygen atoms in total. The molecular formula is C2H2N2O6S. The zero-order valence-electron chi connectivity index (χ0n) is 4.86. The van der Waals surface area contributed by atoms with Gasteiger partial charge < -0.3 is 9.57 Å². The summed E-state index contributed by atoms with van der Waals surface area (Å²) < 4.78 is 25.8. The van der Waals surface area contributed by atoms with E-state index < -0.39 is 22.5 Å². The van der Waals surface area contributed by atoms with Crippen LogP contribution >= 0.6 is 0 Å². The molecule has 0 saturated carbocycles. The largest absolute Gasteiger partial charge is 0.537 e. The van der Waals surface area contributed by atoms with E-state index in [1.807, 2.05) is 0 Å². The van der Waals surface area contributed by atoms with Gasteiger partial charge in [-0.3, -0.25) is 0 Å². The molecule has 11 heavy (non-hydrogen) atoms. The third-order valence-corrected chi connectivity index (χ3v) is 1.37. The van der Waals surface area contributed by atoms with Gasteiger partial charge in [-0.2, -0.15) is 8.42 Å². The molecule has 0 aromatic carbocycles. The van der Waals surface area contributed by atoms with Crippen molar-refractivity contribution in [1.29, 1.82) is 0 Å². The average Bonchev–Trinajstić information content (AvgIpc) is 1.90. The normalized spacial score (nSPS) is 22.5. The fourth-order valence-corrected chi connectivity index (χ4v) is 0.817. The third-order valence-electron chi connectivity index (χ3n) is 0.628. The summed E-state index contributed by atoms with van der Waals surface area (Å²) in [5.41, 5.74) is 0. The third kappa shape index (κ3) is 2.05. The Balaban J connectivity index is 2.85. The lowest BCUT2D eigenvalue weighted by molar-refractivity contribution is 0.0666. The first kappa shape index (κ1) is 7.75. The molecule has 0 atom stereocenters. The standard InChI is InChI=1S/C2H2N2O6S/c5-1-3-11(7,8)4-10-2(6)9-1/h4H,(H,3,5). The maximum atomic E-state index is 10.4. The molecule has 1 heterocycles. The van der Waals surface area contributed by atoms with Gasteiger partial charge in [-0.25, -0.2) is 14.3 Å². The highest BCUT2D eigenvalue weighted by Gasteiger charge is 2.25. The maximum Gasteiger partial charge on any atom is 0.537 e. The second kappa shape index (κ2) is 2.36. The Morgan fingerprint density at radius 2 is 1.91 bits per heavy atom. The minimum Gasteiger partial charge on any atom is -0.341 e. The van der Waals surface area contributed by atoms with Crippen molar-refractivity contribution in [3.8, 4) is 0 Å². The van der Waals surface area contributed by atoms with Gasteiger partial charge in [0.2, 0.25) is 0 Å². The molecule has 0 aromatic rings. The number of rotatable bonds is 0. The van der Waals surface area contributed by atoms with E-state index in [0.717, 1.165) is 0 Å². The van der Waals surface area contributed by atoms with Crippen molar-refractivity contribution in [2.75, 3.05) is 0 Å². The lowest BCUT2D eigenvalue weighted by atomic mass is 11.2. The summed E-state index contributed by atoms with van der Waals surface area (Å²) in [6.07, 6.45) is -2.86. The second-order valence-corrected chi connectivity index (χ2v) is 2.81. The maximum absolute atomic E-state index is 10.4. The van der Waals surface area contributed by atoms with Gasteiger partial charge in [-0.1, -0.05) is 0 Å². The molecule has 1 fully saturated rings. The Bertz CT molecular complexity index is 292. The molecule has 62 valence electrons. The Kier molecular flexibility index (Phi) is 1.66. The van der Waals surface area contributed by atoms with Crippen LogP contribution in [0, 0.1) is 0 Å². The molecule has 0 radical (unpaired) electrons. The molecule has 1 aliphatic heterocycles. The molecule has 2 N–H and O–H groups in total. The molecule has 1 saturated heterocycles. The first-order valence-corrected chi connectivity index (χ1v) is 3.70. The predicted molar refractivity (Wildman–Crippen MR) is 28.2 cm³/mol. The topological polar surface area (TPSA) is 111 Å². The van der Waals surface area contributed by atoms with Crippen molar-refractivity contribution >= 4 is 22.5 Å². The minimum atomic E-state index is -4.12. The lowest BCUT2D eigenvalue weighted by Crippen LogP contribution is -2.36. The van der Waals surface area contributed by atoms with Crippen LogP contribution in [0.15, 0.2) is 0 Å². The quantitative estimate of drug-likeness (QED) is 0.352. The monoisotopic (exact) mass is 182 g/mol. The van der Waals surface area contributed by atoms with E-state index in [1.165, 1.54) is 9.61 Å². The number of carbonyl (C=O) groups excluding carboxylic acids is 2. The van der Waals surface area contributed by atoms with Crippen LogP contribution < -0.4 is 9.61 Å². The summed E-state index contributed by atoms with van der Waals surface area (Å²) in [4.78, 5) is 25.4. The van der Waals surface area contributed by atoms with Gasteiger partial charge >= 0.3 is 22.5 Å². The fraction of sp³-hybridized carbons (Fsp3) is 0. The highest BCUT2D eigenvalue weighted by atomic mass is 32.2. The molecular weight excluding hydrogens is 180 g/mol. The number of hydrogen-bond donors (Lipinski definition) is 2. The van der Waals surface area contributed by atoms with Gasteiger partial charge in [0.1, 0.15) is 0 Å². The Labute approximate surface area is 60.6 Å². The predicted octanol–water partition coefficient (Wildman–Crippen LogP) is -1.39. The Hall–Kier alpha value is -1.35. The molecule has 0 bridgehead atoms. The van der Waals surface area contributed by atoms with Gasteiger partial charge in [0.05, 0.1) is 0 Å². The molecule has 1 rings (SSSR count). The van der Waals surface area contributed by atoms with E-state index in [2.05, 4.69) is 9.57 Å². The van der Waals surface area contributed by atoms with Crippen molar-refractivity contribution in [3.05, 3.63) is 0 Å². The smallest absolute Gasteiger partial charge is 0.341 e. The highest BCUT2D eigenvalue weighted by molar-refractivity contribution is 7.87. The SMILES string of the molecule is O=C1NS(=O)(=O)NOC(=O)O1. The lowest BCUT2D eigenvalue weighted by Gasteiger charge is -1.95. The Morgan fingerprint density at radius 1 is 1.27 bits per heavy atom. The number of cyclic esters (lactones) is 2. The summed E-state index contributed by atoms with van der Waals surface area (Å²) in [7, 11) is -4.12. The van der Waals surface area contributed by atoms with Crippen LogP contribution in [0.25, 0.3) is 0 Å². The van der Waals surface area contributed by atoms with Gasteiger partial charge in [-0.05, 0) is 4.89 Å². The van der Waals surface area contributed by atoms with Crippen LogP contribution in [0.5, 0.6) is 0 Å². The van der Waals surface area contributed by atoms with Gasteiger partial charge in [0, 0.05) is 0 Å². The fourth-order valence-electron chi connectivity index (χ4n) is 0.337. The molecule has 9 heteroatoms. The van der Waals surface area contributed by atoms with E-state index in [0.29, 0.717) is 0 Å². The summed E-state index contributed by atoms with van der Waals surface area (Å²) in [5.74, 6) is 0. The van der Waals surface area contributed by atoms with Crippen LogP contribution in [0.1, 0.15) is 0 Å². The van der Waals surface area contributed by atoms with Crippen LogP contribution in [0.4, 0.5) is 9.59 Å². The number of hydrogen-bond acceptors (Lipinski definition) is 6. The van der Waals surface area contributed by atoms with Gasteiger partial charge in [-0.15, -0.1) is 0 Å². The van der Waals surface area contributed by atoms with Gasteiger partial charge in [0.25, 0.3) is 0 Å². The number of amides is 1. The minimum absolute atomic E-state index is 1.27. The summed E-state index contributed by atoms with van der Waals surface area (Å²) in [6.45, 7) is 0. The summed E-state index contributed by atoms with van der Waals surface area (Å²) in [5, 5.41) is 0. The van der Waals surface area contributed by atoms with E-state index in [1.54, 1.807) is 0 Å². The van der Waals surface area contributed by atoms with Gasteiger partial charge in [0.15, 0.2) is 0 Å². The first-order chi connectivity index (χ1) is 4.99. The first-order valence-electron chi connectivity index (χ1n) is 2.22. The zero-order chi connectivity index (χ0) is 8.48. The molecule has 1 amide bonds. The number of nitrogens with one attached hydrogen (secondary N) is 2. The van der Waals surface area contributed by atoms with E-state index in [-0.39, 0.29) is 0 Å². The summed E-state index contributed by atoms with van der Waals surface area (Å²) >= 11 is 0. The molecule has 0 aromatic heterocycles. The average molecular weight is 182 g/mol. The van der Waals surface area contributed by atoms with E-state index >= 15 is 0 Å². The number of carbonyl (C=O) groups is 2. The molecule has 0 spiro atoms. The van der Waals surface area contributed by atoms with Crippen molar-refractivity contribution in [1.82, 2.24) is 9.61 Å². The highest BCUT2D eigenvalue weighted by Crippen LogP contribution is 1.91. The number of ether oxygens (including phenoxy) is 1. The van der Waals surface area contributed by atoms with Crippen LogP contribution in [0.2, 0.25) is 0 Å². The molecule has 0 aliphatic carbocycles. The second-order valence-electron chi connectivity index (χ2n) is 1.43. The van der Waals surface area contributed by atoms with Crippen LogP contribution in [0.3, 0.4) is 0 Å². The van der Waals surface area contributed by atoms with Crippen molar-refractivity contribution < 1.29 is 27.6 Å². The van der Waals surface area contributed by atoms with Crippen LogP contribution in [-0.4, -0.2) is 20.7 Å². The van der Waals surface area contributed by atoms with Crippen molar-refractivity contribution in [2.24, 2.45) is 0 Å². The summed E-state index contributed by atoms with van der Waals surface area (Å²) in [6, 6.07) is 0. The molecule has 0 unspecified atom stereocenters. The van der Waals surface area contributed by atoms with Crippen LogP contribution in [-0.2, 0) is 19.8 Å². The molecule has 1 aliphatic rings.